The molecule has 1 aliphatic carbocycles. The van der Waals surface area contributed by atoms with Gasteiger partial charge in [-0.15, -0.1) is 6.58 Å². The van der Waals surface area contributed by atoms with E-state index in [1.807, 2.05) is 6.92 Å². The fourth-order valence-corrected chi connectivity index (χ4v) is 5.38. The summed E-state index contributed by atoms with van der Waals surface area (Å²) < 4.78 is 6.35. The second-order valence-corrected chi connectivity index (χ2v) is 9.11. The summed E-state index contributed by atoms with van der Waals surface area (Å²) in [6, 6.07) is 0. The molecule has 3 heterocycles. The molecule has 3 saturated heterocycles. The highest BCUT2D eigenvalue weighted by Crippen LogP contribution is 2.40. The Morgan fingerprint density at radius 1 is 0.962 bits per heavy atom. The Labute approximate surface area is 161 Å². The zero-order chi connectivity index (χ0) is 18.4. The second kappa shape index (κ2) is 9.68. The molecule has 0 amide bonds. The molecule has 0 atom stereocenters. The average Bonchev–Trinajstić information content (AvgIpc) is 2.59. The van der Waals surface area contributed by atoms with Crippen LogP contribution >= 0.6 is 0 Å². The van der Waals surface area contributed by atoms with Crippen LogP contribution in [0.4, 0.5) is 0 Å². The molecule has 0 aromatic heterocycles. The van der Waals surface area contributed by atoms with Crippen molar-refractivity contribution in [3.05, 3.63) is 12.7 Å². The van der Waals surface area contributed by atoms with Gasteiger partial charge in [0.15, 0.2) is 0 Å². The van der Waals surface area contributed by atoms with Crippen LogP contribution in [0.2, 0.25) is 0 Å². The predicted molar refractivity (Wildman–Crippen MR) is 110 cm³/mol. The lowest BCUT2D eigenvalue weighted by Crippen LogP contribution is -2.72. The van der Waals surface area contributed by atoms with E-state index in [1.54, 1.807) is 6.08 Å². The maximum absolute atomic E-state index is 6.35. The van der Waals surface area contributed by atoms with E-state index >= 15 is 0 Å². The van der Waals surface area contributed by atoms with Crippen LogP contribution in [-0.2, 0) is 4.74 Å². The van der Waals surface area contributed by atoms with Gasteiger partial charge in [-0.05, 0) is 71.0 Å². The van der Waals surface area contributed by atoms with Gasteiger partial charge in [-0.1, -0.05) is 13.0 Å². The third-order valence-electron chi connectivity index (χ3n) is 6.66. The summed E-state index contributed by atoms with van der Waals surface area (Å²) in [5.74, 6) is 0.933. The molecule has 0 bridgehead atoms. The summed E-state index contributed by atoms with van der Waals surface area (Å²) in [7, 11) is 0. The third-order valence-corrected chi connectivity index (χ3v) is 6.66. The number of likely N-dealkylation sites (tertiary alicyclic amines) is 2. The first-order valence-electron chi connectivity index (χ1n) is 11.0. The Bertz CT molecular complexity index is 413. The lowest BCUT2D eigenvalue weighted by atomic mass is 9.72. The number of allylic oxidation sites excluding steroid dienone is 1. The van der Waals surface area contributed by atoms with Crippen LogP contribution in [0.25, 0.3) is 0 Å². The topological polar surface area (TPSA) is 27.7 Å². The molecule has 26 heavy (non-hydrogen) atoms. The zero-order valence-electron chi connectivity index (χ0n) is 17.2. The highest BCUT2D eigenvalue weighted by molar-refractivity contribution is 5.05. The van der Waals surface area contributed by atoms with E-state index in [-0.39, 0.29) is 0 Å². The van der Waals surface area contributed by atoms with Gasteiger partial charge >= 0.3 is 0 Å². The van der Waals surface area contributed by atoms with E-state index < -0.39 is 0 Å². The molecule has 4 nitrogen and oxygen atoms in total. The van der Waals surface area contributed by atoms with Crippen molar-refractivity contribution in [2.24, 2.45) is 11.3 Å². The fraction of sp³-hybridized carbons (Fsp3) is 0.909. The molecule has 4 heteroatoms. The lowest BCUT2D eigenvalue weighted by molar-refractivity contribution is -0.120. The number of piperidine rings is 1. The first kappa shape index (κ1) is 20.3. The summed E-state index contributed by atoms with van der Waals surface area (Å²) >= 11 is 0. The van der Waals surface area contributed by atoms with Crippen LogP contribution in [0, 0.1) is 11.3 Å². The first-order valence-corrected chi connectivity index (χ1v) is 11.0. The maximum atomic E-state index is 6.35. The van der Waals surface area contributed by atoms with Crippen molar-refractivity contribution in [1.82, 2.24) is 15.1 Å². The van der Waals surface area contributed by atoms with Crippen LogP contribution in [0.3, 0.4) is 0 Å². The molecule has 3 aliphatic heterocycles. The number of hydrogen-bond donors (Lipinski definition) is 1. The first-order chi connectivity index (χ1) is 12.7. The van der Waals surface area contributed by atoms with Gasteiger partial charge in [0.1, 0.15) is 0 Å². The summed E-state index contributed by atoms with van der Waals surface area (Å²) in [6.45, 7) is 17.9. The molecule has 150 valence electrons. The van der Waals surface area contributed by atoms with E-state index in [2.05, 4.69) is 28.6 Å². The summed E-state index contributed by atoms with van der Waals surface area (Å²) in [6.07, 6.45) is 10.7. The Balaban J connectivity index is 0.000000613. The van der Waals surface area contributed by atoms with Gasteiger partial charge in [-0.3, -0.25) is 0 Å². The predicted octanol–water partition coefficient (Wildman–Crippen LogP) is 3.14. The number of hydrogen-bond acceptors (Lipinski definition) is 4. The Morgan fingerprint density at radius 3 is 2.08 bits per heavy atom. The highest BCUT2D eigenvalue weighted by atomic mass is 16.5. The molecule has 1 spiro atoms. The minimum Gasteiger partial charge on any atom is -0.375 e. The molecule has 4 aliphatic rings. The van der Waals surface area contributed by atoms with E-state index in [9.17, 15) is 0 Å². The standard InChI is InChI=1S/C19H35N3O.C3H6/c1-2-21-12-19(13-21)14-22(15-19)11-16-3-5-17(6-4-16)23-18-7-9-20-10-8-18;1-3-2/h16-18,20H,2-15H2,1H3;3H,1H2,2H3. The smallest absolute Gasteiger partial charge is 0.0603 e. The maximum Gasteiger partial charge on any atom is 0.0603 e. The molecule has 0 aromatic carbocycles. The Hall–Kier alpha value is -0.420. The van der Waals surface area contributed by atoms with E-state index in [4.69, 9.17) is 4.74 Å². The van der Waals surface area contributed by atoms with E-state index in [0.29, 0.717) is 17.6 Å². The molecular formula is C22H41N3O. The molecule has 1 N–H and O–H groups in total. The number of ether oxygens (including phenoxy) is 1. The van der Waals surface area contributed by atoms with Gasteiger partial charge in [-0.25, -0.2) is 0 Å². The number of rotatable bonds is 5. The molecule has 0 unspecified atom stereocenters. The van der Waals surface area contributed by atoms with Crippen molar-refractivity contribution in [2.45, 2.75) is 64.6 Å². The van der Waals surface area contributed by atoms with E-state index in [1.165, 1.54) is 77.8 Å². The lowest BCUT2D eigenvalue weighted by Gasteiger charge is -2.61. The highest BCUT2D eigenvalue weighted by Gasteiger charge is 2.51. The molecule has 0 radical (unpaired) electrons. The minimum atomic E-state index is 0.535. The molecule has 1 saturated carbocycles. The number of nitrogens with zero attached hydrogens (tertiary/aromatic N) is 2. The Morgan fingerprint density at radius 2 is 1.50 bits per heavy atom. The summed E-state index contributed by atoms with van der Waals surface area (Å²) in [5.41, 5.74) is 0.700. The minimum absolute atomic E-state index is 0.535. The van der Waals surface area contributed by atoms with Gasteiger partial charge < -0.3 is 19.9 Å². The van der Waals surface area contributed by atoms with Crippen molar-refractivity contribution in [1.29, 1.82) is 0 Å². The van der Waals surface area contributed by atoms with Gasteiger partial charge in [0.25, 0.3) is 0 Å². The molecular weight excluding hydrogens is 322 g/mol. The van der Waals surface area contributed by atoms with Crippen LogP contribution in [-0.4, -0.2) is 74.4 Å². The molecule has 4 rings (SSSR count). The normalized spacial score (nSPS) is 32.2. The van der Waals surface area contributed by atoms with Gasteiger partial charge in [0.2, 0.25) is 0 Å². The second-order valence-electron chi connectivity index (χ2n) is 9.11. The largest absolute Gasteiger partial charge is 0.375 e. The van der Waals surface area contributed by atoms with Gasteiger partial charge in [0, 0.05) is 38.1 Å². The molecule has 4 fully saturated rings. The van der Waals surface area contributed by atoms with Crippen LogP contribution < -0.4 is 5.32 Å². The third kappa shape index (κ3) is 5.31. The van der Waals surface area contributed by atoms with Crippen LogP contribution in [0.15, 0.2) is 12.7 Å². The monoisotopic (exact) mass is 363 g/mol. The van der Waals surface area contributed by atoms with Crippen molar-refractivity contribution in [2.75, 3.05) is 52.4 Å². The number of nitrogens with one attached hydrogen (secondary N) is 1. The molecule has 0 aromatic rings. The quantitative estimate of drug-likeness (QED) is 0.760. The van der Waals surface area contributed by atoms with Crippen molar-refractivity contribution < 1.29 is 4.74 Å². The summed E-state index contributed by atoms with van der Waals surface area (Å²) in [4.78, 5) is 5.31. The van der Waals surface area contributed by atoms with E-state index in [0.717, 1.165) is 19.0 Å². The van der Waals surface area contributed by atoms with Gasteiger partial charge in [0.05, 0.1) is 12.2 Å². The van der Waals surface area contributed by atoms with Crippen molar-refractivity contribution in [3.8, 4) is 0 Å². The SMILES string of the molecule is C=CC.CCN1CC2(C1)CN(CC1CCC(OC3CCNCC3)CC1)C2. The fourth-order valence-electron chi connectivity index (χ4n) is 5.38. The summed E-state index contributed by atoms with van der Waals surface area (Å²) in [5, 5.41) is 3.43. The van der Waals surface area contributed by atoms with Crippen molar-refractivity contribution >= 4 is 0 Å². The average molecular weight is 364 g/mol. The van der Waals surface area contributed by atoms with Crippen LogP contribution in [0.5, 0.6) is 0 Å². The zero-order valence-corrected chi connectivity index (χ0v) is 17.2. The van der Waals surface area contributed by atoms with Gasteiger partial charge in [-0.2, -0.15) is 0 Å². The van der Waals surface area contributed by atoms with Crippen molar-refractivity contribution in [3.63, 3.8) is 0 Å². The van der Waals surface area contributed by atoms with Crippen LogP contribution in [0.1, 0.15) is 52.4 Å². The Kier molecular flexibility index (Phi) is 7.56.